The standard InChI is InChI=1S/C24H18ClN3O/c1-2-29-24-19(13-26)21(14-6-4-3-5-7-14)17-10-9-16-18-12-15(25)8-11-20(18)27-22(16)23(17)28-24/h3-8,11-12,27H,2,9-10H2,1H3. The van der Waals surface area contributed by atoms with Gasteiger partial charge in [0.1, 0.15) is 11.6 Å². The van der Waals surface area contributed by atoms with E-state index in [2.05, 4.69) is 11.1 Å². The minimum absolute atomic E-state index is 0.386. The van der Waals surface area contributed by atoms with Gasteiger partial charge in [0.2, 0.25) is 5.88 Å². The third-order valence-corrected chi connectivity index (χ3v) is 5.69. The summed E-state index contributed by atoms with van der Waals surface area (Å²) in [6.45, 7) is 2.35. The van der Waals surface area contributed by atoms with E-state index in [4.69, 9.17) is 21.3 Å². The molecule has 1 aliphatic carbocycles. The van der Waals surface area contributed by atoms with Crippen molar-refractivity contribution in [1.82, 2.24) is 9.97 Å². The van der Waals surface area contributed by atoms with E-state index in [9.17, 15) is 5.26 Å². The number of nitrogens with zero attached hydrogens (tertiary/aromatic N) is 2. The maximum Gasteiger partial charge on any atom is 0.232 e. The summed E-state index contributed by atoms with van der Waals surface area (Å²) >= 11 is 6.24. The molecule has 0 saturated heterocycles. The minimum atomic E-state index is 0.386. The van der Waals surface area contributed by atoms with Crippen LogP contribution in [0, 0.1) is 11.3 Å². The van der Waals surface area contributed by atoms with Gasteiger partial charge < -0.3 is 9.72 Å². The van der Waals surface area contributed by atoms with Gasteiger partial charge in [0.05, 0.1) is 18.0 Å². The van der Waals surface area contributed by atoms with Crippen LogP contribution in [-0.2, 0) is 12.8 Å². The molecule has 5 rings (SSSR count). The molecule has 0 unspecified atom stereocenters. The van der Waals surface area contributed by atoms with Gasteiger partial charge in [0, 0.05) is 21.5 Å². The molecular weight excluding hydrogens is 382 g/mol. The molecule has 1 aliphatic rings. The molecule has 1 N–H and O–H groups in total. The number of aromatic amines is 1. The molecule has 2 aromatic heterocycles. The lowest BCUT2D eigenvalue weighted by Gasteiger charge is -2.22. The number of rotatable bonds is 3. The first kappa shape index (κ1) is 17.8. The van der Waals surface area contributed by atoms with E-state index in [0.29, 0.717) is 18.1 Å². The van der Waals surface area contributed by atoms with Crippen molar-refractivity contribution < 1.29 is 4.74 Å². The predicted molar refractivity (Wildman–Crippen MR) is 115 cm³/mol. The summed E-state index contributed by atoms with van der Waals surface area (Å²) in [5.41, 5.74) is 7.62. The molecule has 0 aliphatic heterocycles. The number of aryl methyl sites for hydroxylation is 1. The second-order valence-corrected chi connectivity index (χ2v) is 7.51. The Kier molecular flexibility index (Phi) is 4.26. The molecule has 2 heterocycles. The number of nitrogens with one attached hydrogen (secondary N) is 1. The summed E-state index contributed by atoms with van der Waals surface area (Å²) < 4.78 is 5.80. The lowest BCUT2D eigenvalue weighted by atomic mass is 9.85. The Balaban J connectivity index is 1.85. The first-order valence-corrected chi connectivity index (χ1v) is 10.0. The topological polar surface area (TPSA) is 61.7 Å². The Morgan fingerprint density at radius 2 is 1.93 bits per heavy atom. The number of fused-ring (bicyclic) bond motifs is 5. The van der Waals surface area contributed by atoms with Crippen molar-refractivity contribution in [3.8, 4) is 34.5 Å². The van der Waals surface area contributed by atoms with E-state index in [1.165, 1.54) is 5.56 Å². The zero-order valence-electron chi connectivity index (χ0n) is 15.9. The number of ether oxygens (including phenoxy) is 1. The van der Waals surface area contributed by atoms with Crippen molar-refractivity contribution in [1.29, 1.82) is 5.26 Å². The van der Waals surface area contributed by atoms with Crippen molar-refractivity contribution in [2.45, 2.75) is 19.8 Å². The fourth-order valence-electron chi connectivity index (χ4n) is 4.25. The molecule has 4 aromatic rings. The summed E-state index contributed by atoms with van der Waals surface area (Å²) in [7, 11) is 0. The smallest absolute Gasteiger partial charge is 0.232 e. The summed E-state index contributed by atoms with van der Waals surface area (Å²) in [6.07, 6.45) is 1.67. The Bertz CT molecular complexity index is 1290. The van der Waals surface area contributed by atoms with Crippen LogP contribution in [0.5, 0.6) is 5.88 Å². The maximum absolute atomic E-state index is 9.94. The normalized spacial score (nSPS) is 12.3. The van der Waals surface area contributed by atoms with Crippen LogP contribution >= 0.6 is 11.6 Å². The summed E-state index contributed by atoms with van der Waals surface area (Å²) in [6, 6.07) is 18.3. The molecule has 0 saturated carbocycles. The van der Waals surface area contributed by atoms with Crippen LogP contribution in [0.15, 0.2) is 48.5 Å². The van der Waals surface area contributed by atoms with E-state index in [0.717, 1.165) is 56.8 Å². The molecule has 0 bridgehead atoms. The monoisotopic (exact) mass is 399 g/mol. The molecule has 142 valence electrons. The molecular formula is C24H18ClN3O. The van der Waals surface area contributed by atoms with Crippen molar-refractivity contribution in [3.05, 3.63) is 70.2 Å². The second kappa shape index (κ2) is 6.95. The van der Waals surface area contributed by atoms with Crippen molar-refractivity contribution in [2.75, 3.05) is 6.61 Å². The lowest BCUT2D eigenvalue weighted by molar-refractivity contribution is 0.326. The van der Waals surface area contributed by atoms with Gasteiger partial charge in [-0.3, -0.25) is 0 Å². The minimum Gasteiger partial charge on any atom is -0.477 e. The van der Waals surface area contributed by atoms with Crippen LogP contribution in [0.2, 0.25) is 5.02 Å². The van der Waals surface area contributed by atoms with Crippen molar-refractivity contribution in [3.63, 3.8) is 0 Å². The lowest BCUT2D eigenvalue weighted by Crippen LogP contribution is -2.11. The molecule has 29 heavy (non-hydrogen) atoms. The molecule has 0 atom stereocenters. The highest BCUT2D eigenvalue weighted by Crippen LogP contribution is 2.44. The Hall–Kier alpha value is -3.29. The quantitative estimate of drug-likeness (QED) is 0.465. The Morgan fingerprint density at radius 1 is 1.14 bits per heavy atom. The Labute approximate surface area is 173 Å². The van der Waals surface area contributed by atoms with Gasteiger partial charge in [-0.05, 0) is 54.7 Å². The van der Waals surface area contributed by atoms with E-state index in [-0.39, 0.29) is 0 Å². The number of pyridine rings is 1. The largest absolute Gasteiger partial charge is 0.477 e. The van der Waals surface area contributed by atoms with Gasteiger partial charge >= 0.3 is 0 Å². The highest BCUT2D eigenvalue weighted by atomic mass is 35.5. The van der Waals surface area contributed by atoms with Crippen LogP contribution in [-0.4, -0.2) is 16.6 Å². The number of hydrogen-bond acceptors (Lipinski definition) is 3. The van der Waals surface area contributed by atoms with Crippen LogP contribution in [0.4, 0.5) is 0 Å². The maximum atomic E-state index is 9.94. The van der Waals surface area contributed by atoms with Gasteiger partial charge in [-0.15, -0.1) is 0 Å². The molecule has 4 nitrogen and oxygen atoms in total. The number of benzene rings is 2. The second-order valence-electron chi connectivity index (χ2n) is 7.07. The van der Waals surface area contributed by atoms with E-state index in [1.54, 1.807) is 0 Å². The summed E-state index contributed by atoms with van der Waals surface area (Å²) in [4.78, 5) is 8.34. The van der Waals surface area contributed by atoms with Crippen LogP contribution in [0.3, 0.4) is 0 Å². The van der Waals surface area contributed by atoms with Crippen LogP contribution in [0.1, 0.15) is 23.6 Å². The Morgan fingerprint density at radius 3 is 2.69 bits per heavy atom. The van der Waals surface area contributed by atoms with Crippen molar-refractivity contribution in [2.24, 2.45) is 0 Å². The van der Waals surface area contributed by atoms with E-state index < -0.39 is 0 Å². The SMILES string of the molecule is CCOc1nc2c(c(-c3ccccc3)c1C#N)CCc1c-2[nH]c2ccc(Cl)cc12. The molecule has 0 radical (unpaired) electrons. The number of hydrogen-bond donors (Lipinski definition) is 1. The van der Waals surface area contributed by atoms with Crippen LogP contribution < -0.4 is 4.74 Å². The average molecular weight is 400 g/mol. The predicted octanol–water partition coefficient (Wildman–Crippen LogP) is 5.92. The first-order chi connectivity index (χ1) is 14.2. The highest BCUT2D eigenvalue weighted by molar-refractivity contribution is 6.31. The number of halogens is 1. The summed E-state index contributed by atoms with van der Waals surface area (Å²) in [5.74, 6) is 0.386. The third-order valence-electron chi connectivity index (χ3n) is 5.45. The van der Waals surface area contributed by atoms with E-state index >= 15 is 0 Å². The first-order valence-electron chi connectivity index (χ1n) is 9.67. The fourth-order valence-corrected chi connectivity index (χ4v) is 4.42. The zero-order valence-corrected chi connectivity index (χ0v) is 16.7. The fraction of sp³-hybridized carbons (Fsp3) is 0.167. The number of nitriles is 1. The highest BCUT2D eigenvalue weighted by Gasteiger charge is 2.29. The van der Waals surface area contributed by atoms with Gasteiger partial charge in [-0.2, -0.15) is 5.26 Å². The molecule has 0 amide bonds. The number of aromatic nitrogens is 2. The summed E-state index contributed by atoms with van der Waals surface area (Å²) in [5, 5.41) is 11.8. The molecule has 0 fully saturated rings. The molecule has 5 heteroatoms. The van der Waals surface area contributed by atoms with Crippen LogP contribution in [0.25, 0.3) is 33.4 Å². The molecule has 0 spiro atoms. The third kappa shape index (κ3) is 2.78. The van der Waals surface area contributed by atoms with Gasteiger partial charge in [-0.25, -0.2) is 4.98 Å². The van der Waals surface area contributed by atoms with Crippen molar-refractivity contribution >= 4 is 22.5 Å². The zero-order chi connectivity index (χ0) is 20.0. The van der Waals surface area contributed by atoms with Gasteiger partial charge in [0.15, 0.2) is 0 Å². The average Bonchev–Trinajstić information content (AvgIpc) is 3.12. The van der Waals surface area contributed by atoms with Gasteiger partial charge in [-0.1, -0.05) is 41.9 Å². The van der Waals surface area contributed by atoms with E-state index in [1.807, 2.05) is 55.5 Å². The molecule has 2 aromatic carbocycles. The van der Waals surface area contributed by atoms with Gasteiger partial charge in [0.25, 0.3) is 0 Å². The number of H-pyrrole nitrogens is 1.